The fourth-order valence-corrected chi connectivity index (χ4v) is 2.80. The van der Waals surface area contributed by atoms with Gasteiger partial charge in [0.2, 0.25) is 0 Å². The second-order valence-electron chi connectivity index (χ2n) is 6.65. The van der Waals surface area contributed by atoms with Crippen LogP contribution in [0.3, 0.4) is 0 Å². The largest absolute Gasteiger partial charge is 0.340 e. The number of amides is 2. The SMILES string of the molecule is CC(C)[C@@H](NC(=O)N[C@H](C)c1cnn(C)c1)c1nc2ccccc2[nH]1. The lowest BCUT2D eigenvalue weighted by molar-refractivity contribution is 0.229. The van der Waals surface area contributed by atoms with E-state index in [9.17, 15) is 4.79 Å². The summed E-state index contributed by atoms with van der Waals surface area (Å²) in [6, 6.07) is 7.30. The zero-order valence-corrected chi connectivity index (χ0v) is 14.9. The van der Waals surface area contributed by atoms with Gasteiger partial charge in [-0.05, 0) is 25.0 Å². The van der Waals surface area contributed by atoms with Gasteiger partial charge in [0.15, 0.2) is 0 Å². The molecule has 0 spiro atoms. The first kappa shape index (κ1) is 17.0. The van der Waals surface area contributed by atoms with Crippen molar-refractivity contribution in [2.24, 2.45) is 13.0 Å². The van der Waals surface area contributed by atoms with Crippen molar-refractivity contribution in [1.82, 2.24) is 30.4 Å². The summed E-state index contributed by atoms with van der Waals surface area (Å²) in [6.45, 7) is 6.05. The van der Waals surface area contributed by atoms with E-state index < -0.39 is 0 Å². The molecule has 0 aliphatic rings. The Kier molecular flexibility index (Phi) is 4.74. The number of aryl methyl sites for hydroxylation is 1. The van der Waals surface area contributed by atoms with Gasteiger partial charge in [0.05, 0.1) is 29.3 Å². The summed E-state index contributed by atoms with van der Waals surface area (Å²) in [5.74, 6) is 0.959. The molecule has 132 valence electrons. The van der Waals surface area contributed by atoms with Gasteiger partial charge in [-0.2, -0.15) is 5.10 Å². The van der Waals surface area contributed by atoms with E-state index in [1.807, 2.05) is 44.4 Å². The summed E-state index contributed by atoms with van der Waals surface area (Å²) in [4.78, 5) is 20.4. The predicted octanol–water partition coefficient (Wildman–Crippen LogP) is 3.05. The number of hydrogen-bond donors (Lipinski definition) is 3. The van der Waals surface area contributed by atoms with Crippen LogP contribution in [-0.2, 0) is 7.05 Å². The average molecular weight is 340 g/mol. The van der Waals surface area contributed by atoms with Crippen molar-refractivity contribution in [2.45, 2.75) is 32.9 Å². The third-order valence-electron chi connectivity index (χ3n) is 4.23. The molecule has 2 heterocycles. The van der Waals surface area contributed by atoms with Gasteiger partial charge in [-0.1, -0.05) is 26.0 Å². The number of nitrogens with zero attached hydrogens (tertiary/aromatic N) is 3. The van der Waals surface area contributed by atoms with E-state index in [4.69, 9.17) is 0 Å². The summed E-state index contributed by atoms with van der Waals surface area (Å²) in [7, 11) is 1.85. The number of aromatic nitrogens is 4. The minimum atomic E-state index is -0.226. The maximum Gasteiger partial charge on any atom is 0.315 e. The van der Waals surface area contributed by atoms with Gasteiger partial charge in [0.25, 0.3) is 0 Å². The van der Waals surface area contributed by atoms with E-state index in [2.05, 4.69) is 39.5 Å². The Morgan fingerprint density at radius 1 is 1.20 bits per heavy atom. The highest BCUT2D eigenvalue weighted by Gasteiger charge is 2.22. The Morgan fingerprint density at radius 3 is 2.60 bits per heavy atom. The maximum atomic E-state index is 12.4. The number of para-hydroxylation sites is 2. The van der Waals surface area contributed by atoms with Gasteiger partial charge in [-0.25, -0.2) is 9.78 Å². The van der Waals surface area contributed by atoms with E-state index in [0.717, 1.165) is 22.4 Å². The number of hydrogen-bond acceptors (Lipinski definition) is 3. The Bertz CT molecular complexity index is 832. The molecule has 0 saturated carbocycles. The smallest absolute Gasteiger partial charge is 0.315 e. The number of rotatable bonds is 5. The van der Waals surface area contributed by atoms with Gasteiger partial charge in [0, 0.05) is 18.8 Å². The molecule has 25 heavy (non-hydrogen) atoms. The van der Waals surface area contributed by atoms with Crippen LogP contribution in [0.5, 0.6) is 0 Å². The van der Waals surface area contributed by atoms with Crippen molar-refractivity contribution in [3.05, 3.63) is 48.0 Å². The zero-order chi connectivity index (χ0) is 18.0. The van der Waals surface area contributed by atoms with Crippen LogP contribution in [0.4, 0.5) is 4.79 Å². The topological polar surface area (TPSA) is 87.6 Å². The number of fused-ring (bicyclic) bond motifs is 1. The van der Waals surface area contributed by atoms with Crippen molar-refractivity contribution in [1.29, 1.82) is 0 Å². The van der Waals surface area contributed by atoms with Crippen molar-refractivity contribution >= 4 is 17.1 Å². The molecule has 0 radical (unpaired) electrons. The number of benzene rings is 1. The lowest BCUT2D eigenvalue weighted by Crippen LogP contribution is -2.41. The number of carbonyl (C=O) groups excluding carboxylic acids is 1. The third kappa shape index (κ3) is 3.81. The van der Waals surface area contributed by atoms with Gasteiger partial charge < -0.3 is 15.6 Å². The Balaban J connectivity index is 1.72. The third-order valence-corrected chi connectivity index (χ3v) is 4.23. The lowest BCUT2D eigenvalue weighted by atomic mass is 10.0. The van der Waals surface area contributed by atoms with Crippen molar-refractivity contribution in [3.8, 4) is 0 Å². The quantitative estimate of drug-likeness (QED) is 0.667. The molecule has 3 aromatic rings. The average Bonchev–Trinajstić information content (AvgIpc) is 3.18. The fourth-order valence-electron chi connectivity index (χ4n) is 2.80. The predicted molar refractivity (Wildman–Crippen MR) is 97.0 cm³/mol. The molecular weight excluding hydrogens is 316 g/mol. The normalized spacial score (nSPS) is 13.8. The first-order valence-corrected chi connectivity index (χ1v) is 8.44. The summed E-state index contributed by atoms with van der Waals surface area (Å²) in [6.07, 6.45) is 3.65. The van der Waals surface area contributed by atoms with Crippen LogP contribution in [0.2, 0.25) is 0 Å². The van der Waals surface area contributed by atoms with Crippen LogP contribution in [0, 0.1) is 5.92 Å². The number of aromatic amines is 1. The number of nitrogens with one attached hydrogen (secondary N) is 3. The minimum Gasteiger partial charge on any atom is -0.340 e. The zero-order valence-electron chi connectivity index (χ0n) is 14.9. The summed E-state index contributed by atoms with van der Waals surface area (Å²) in [5.41, 5.74) is 2.82. The second kappa shape index (κ2) is 6.96. The Hall–Kier alpha value is -2.83. The molecule has 0 saturated heterocycles. The van der Waals surface area contributed by atoms with Crippen LogP contribution in [0.1, 0.15) is 44.2 Å². The second-order valence-corrected chi connectivity index (χ2v) is 6.65. The molecule has 2 atom stereocenters. The Morgan fingerprint density at radius 2 is 1.96 bits per heavy atom. The molecule has 0 fully saturated rings. The molecule has 1 aromatic carbocycles. The molecular formula is C18H24N6O. The molecule has 7 heteroatoms. The standard InChI is InChI=1S/C18H24N6O/c1-11(2)16(17-21-14-7-5-6-8-15(14)22-17)23-18(25)20-12(3)13-9-19-24(4)10-13/h5-12,16H,1-4H3,(H,21,22)(H2,20,23,25)/t12-,16-/m1/s1. The summed E-state index contributed by atoms with van der Waals surface area (Å²) in [5, 5.41) is 10.1. The summed E-state index contributed by atoms with van der Waals surface area (Å²) >= 11 is 0. The highest BCUT2D eigenvalue weighted by atomic mass is 16.2. The van der Waals surface area contributed by atoms with Crippen LogP contribution >= 0.6 is 0 Å². The maximum absolute atomic E-state index is 12.4. The molecule has 0 aliphatic heterocycles. The minimum absolute atomic E-state index is 0.128. The molecule has 2 amide bonds. The number of urea groups is 1. The Labute approximate surface area is 146 Å². The van der Waals surface area contributed by atoms with Gasteiger partial charge in [-0.3, -0.25) is 4.68 Å². The number of carbonyl (C=O) groups is 1. The van der Waals surface area contributed by atoms with Gasteiger partial charge in [-0.15, -0.1) is 0 Å². The first-order chi connectivity index (χ1) is 11.9. The summed E-state index contributed by atoms with van der Waals surface area (Å²) < 4.78 is 1.72. The van der Waals surface area contributed by atoms with Crippen LogP contribution < -0.4 is 10.6 Å². The molecule has 7 nitrogen and oxygen atoms in total. The molecule has 2 aromatic heterocycles. The van der Waals surface area contributed by atoms with Crippen LogP contribution in [-0.4, -0.2) is 25.8 Å². The van der Waals surface area contributed by atoms with Crippen LogP contribution in [0.15, 0.2) is 36.7 Å². The van der Waals surface area contributed by atoms with E-state index in [1.54, 1.807) is 10.9 Å². The molecule has 3 rings (SSSR count). The highest BCUT2D eigenvalue weighted by molar-refractivity contribution is 5.76. The van der Waals surface area contributed by atoms with Crippen molar-refractivity contribution in [3.63, 3.8) is 0 Å². The van der Waals surface area contributed by atoms with E-state index in [1.165, 1.54) is 0 Å². The number of H-pyrrole nitrogens is 1. The number of imidazole rings is 1. The first-order valence-electron chi connectivity index (χ1n) is 8.44. The van der Waals surface area contributed by atoms with Crippen molar-refractivity contribution in [2.75, 3.05) is 0 Å². The molecule has 0 unspecified atom stereocenters. The van der Waals surface area contributed by atoms with E-state index >= 15 is 0 Å². The van der Waals surface area contributed by atoms with Gasteiger partial charge >= 0.3 is 6.03 Å². The molecule has 0 bridgehead atoms. The highest BCUT2D eigenvalue weighted by Crippen LogP contribution is 2.22. The van der Waals surface area contributed by atoms with E-state index in [0.29, 0.717) is 0 Å². The lowest BCUT2D eigenvalue weighted by Gasteiger charge is -2.22. The molecule has 0 aliphatic carbocycles. The van der Waals surface area contributed by atoms with Crippen molar-refractivity contribution < 1.29 is 4.79 Å². The molecule has 3 N–H and O–H groups in total. The van der Waals surface area contributed by atoms with Crippen LogP contribution in [0.25, 0.3) is 11.0 Å². The monoisotopic (exact) mass is 340 g/mol. The fraction of sp³-hybridized carbons (Fsp3) is 0.389. The van der Waals surface area contributed by atoms with Gasteiger partial charge in [0.1, 0.15) is 5.82 Å². The van der Waals surface area contributed by atoms with E-state index in [-0.39, 0.29) is 24.0 Å².